The van der Waals surface area contributed by atoms with E-state index in [1.165, 1.54) is 0 Å². The molecule has 0 radical (unpaired) electrons. The number of aliphatic hydroxyl groups is 1. The topological polar surface area (TPSA) is 50.2 Å². The van der Waals surface area contributed by atoms with Gasteiger partial charge in [-0.2, -0.15) is 0 Å². The summed E-state index contributed by atoms with van der Waals surface area (Å²) in [5, 5.41) is 10.3. The minimum absolute atomic E-state index is 0.233. The number of aromatic nitrogens is 1. The van der Waals surface area contributed by atoms with Crippen LogP contribution >= 0.6 is 15.9 Å². The van der Waals surface area contributed by atoms with E-state index in [2.05, 4.69) is 20.9 Å². The van der Waals surface area contributed by atoms with Crippen molar-refractivity contribution in [2.45, 2.75) is 31.3 Å². The Kier molecular flexibility index (Phi) is 2.89. The fourth-order valence-electron chi connectivity index (χ4n) is 1.85. The summed E-state index contributed by atoms with van der Waals surface area (Å²) in [6.07, 6.45) is 3.55. The predicted molar refractivity (Wildman–Crippen MR) is 59.3 cm³/mol. The first kappa shape index (κ1) is 10.8. The van der Waals surface area contributed by atoms with Gasteiger partial charge in [0, 0.05) is 23.5 Å². The van der Waals surface area contributed by atoms with Gasteiger partial charge in [-0.25, -0.2) is 0 Å². The van der Waals surface area contributed by atoms with Gasteiger partial charge < -0.3 is 5.11 Å². The molecule has 1 N–H and O–H groups in total. The standard InChI is InChI=1S/C11H12BrNO2/c12-8-1-2-10(13-7-8)11(15)5-3-9(14)4-6-11/h1-2,7,15H,3-6H2. The van der Waals surface area contributed by atoms with E-state index in [0.29, 0.717) is 31.4 Å². The summed E-state index contributed by atoms with van der Waals surface area (Å²) < 4.78 is 0.890. The van der Waals surface area contributed by atoms with Crippen LogP contribution in [0.2, 0.25) is 0 Å². The first-order chi connectivity index (χ1) is 7.10. The predicted octanol–water partition coefficient (Wildman–Crippen LogP) is 2.17. The van der Waals surface area contributed by atoms with Gasteiger partial charge in [-0.15, -0.1) is 0 Å². The zero-order valence-corrected chi connectivity index (χ0v) is 9.83. The van der Waals surface area contributed by atoms with Crippen LogP contribution in [0.1, 0.15) is 31.4 Å². The third-order valence-corrected chi connectivity index (χ3v) is 3.31. The number of nitrogens with zero attached hydrogens (tertiary/aromatic N) is 1. The second kappa shape index (κ2) is 4.02. The Hall–Kier alpha value is -0.740. The van der Waals surface area contributed by atoms with Crippen LogP contribution in [-0.2, 0) is 10.4 Å². The van der Waals surface area contributed by atoms with Gasteiger partial charge in [0.15, 0.2) is 0 Å². The minimum atomic E-state index is -0.908. The van der Waals surface area contributed by atoms with Crippen LogP contribution in [0, 0.1) is 0 Å². The maximum absolute atomic E-state index is 11.1. The second-order valence-electron chi connectivity index (χ2n) is 3.93. The van der Waals surface area contributed by atoms with Crippen LogP contribution in [0.3, 0.4) is 0 Å². The third-order valence-electron chi connectivity index (χ3n) is 2.84. The Morgan fingerprint density at radius 2 is 2.00 bits per heavy atom. The molecular weight excluding hydrogens is 258 g/mol. The van der Waals surface area contributed by atoms with Crippen molar-refractivity contribution in [3.05, 3.63) is 28.5 Å². The van der Waals surface area contributed by atoms with Gasteiger partial charge in [0.05, 0.1) is 5.69 Å². The summed E-state index contributed by atoms with van der Waals surface area (Å²) in [6.45, 7) is 0. The number of Topliss-reactive ketones (excluding diaryl/α,β-unsaturated/α-hetero) is 1. The third kappa shape index (κ3) is 2.26. The normalized spacial score (nSPS) is 20.3. The lowest BCUT2D eigenvalue weighted by molar-refractivity contribution is -0.125. The Morgan fingerprint density at radius 3 is 2.53 bits per heavy atom. The number of hydrogen-bond donors (Lipinski definition) is 1. The maximum Gasteiger partial charge on any atom is 0.133 e. The smallest absolute Gasteiger partial charge is 0.133 e. The van der Waals surface area contributed by atoms with Crippen molar-refractivity contribution >= 4 is 21.7 Å². The highest BCUT2D eigenvalue weighted by Gasteiger charge is 2.35. The fourth-order valence-corrected chi connectivity index (χ4v) is 2.08. The monoisotopic (exact) mass is 269 g/mol. The van der Waals surface area contributed by atoms with E-state index < -0.39 is 5.60 Å². The first-order valence-corrected chi connectivity index (χ1v) is 5.76. The molecule has 1 fully saturated rings. The zero-order chi connectivity index (χ0) is 10.9. The highest BCUT2D eigenvalue weighted by molar-refractivity contribution is 9.10. The zero-order valence-electron chi connectivity index (χ0n) is 8.24. The van der Waals surface area contributed by atoms with Gasteiger partial charge in [0.2, 0.25) is 0 Å². The van der Waals surface area contributed by atoms with E-state index in [9.17, 15) is 9.90 Å². The van der Waals surface area contributed by atoms with Crippen LogP contribution in [0.15, 0.2) is 22.8 Å². The molecule has 0 atom stereocenters. The molecule has 0 spiro atoms. The molecule has 0 unspecified atom stereocenters. The Morgan fingerprint density at radius 1 is 1.33 bits per heavy atom. The molecule has 1 saturated carbocycles. The lowest BCUT2D eigenvalue weighted by Crippen LogP contribution is -2.32. The summed E-state index contributed by atoms with van der Waals surface area (Å²) in [6, 6.07) is 3.66. The lowest BCUT2D eigenvalue weighted by Gasteiger charge is -2.30. The lowest BCUT2D eigenvalue weighted by atomic mass is 9.81. The quantitative estimate of drug-likeness (QED) is 0.850. The first-order valence-electron chi connectivity index (χ1n) is 4.96. The molecule has 0 aliphatic heterocycles. The fraction of sp³-hybridized carbons (Fsp3) is 0.455. The molecule has 1 aliphatic carbocycles. The molecule has 1 aromatic heterocycles. The average Bonchev–Trinajstić information content (AvgIpc) is 2.24. The molecule has 80 valence electrons. The summed E-state index contributed by atoms with van der Waals surface area (Å²) in [7, 11) is 0. The largest absolute Gasteiger partial charge is 0.384 e. The molecule has 4 heteroatoms. The number of hydrogen-bond acceptors (Lipinski definition) is 3. The van der Waals surface area contributed by atoms with Gasteiger partial charge in [-0.05, 0) is 40.9 Å². The van der Waals surface area contributed by atoms with Crippen molar-refractivity contribution in [2.24, 2.45) is 0 Å². The van der Waals surface area contributed by atoms with E-state index in [1.807, 2.05) is 6.07 Å². The molecule has 0 saturated heterocycles. The van der Waals surface area contributed by atoms with Crippen molar-refractivity contribution in [1.29, 1.82) is 0 Å². The molecule has 3 nitrogen and oxygen atoms in total. The van der Waals surface area contributed by atoms with E-state index in [1.54, 1.807) is 12.3 Å². The molecule has 0 bridgehead atoms. The molecule has 2 rings (SSSR count). The van der Waals surface area contributed by atoms with Crippen molar-refractivity contribution in [3.63, 3.8) is 0 Å². The van der Waals surface area contributed by atoms with Gasteiger partial charge >= 0.3 is 0 Å². The Balaban J connectivity index is 2.22. The van der Waals surface area contributed by atoms with Crippen LogP contribution in [0.4, 0.5) is 0 Å². The second-order valence-corrected chi connectivity index (χ2v) is 4.85. The Labute approximate surface area is 96.7 Å². The molecule has 0 aromatic carbocycles. The van der Waals surface area contributed by atoms with Crippen LogP contribution in [0.25, 0.3) is 0 Å². The van der Waals surface area contributed by atoms with E-state index in [0.717, 1.165) is 4.47 Å². The number of halogens is 1. The maximum atomic E-state index is 11.1. The van der Waals surface area contributed by atoms with Gasteiger partial charge in [0.1, 0.15) is 11.4 Å². The van der Waals surface area contributed by atoms with Crippen molar-refractivity contribution in [3.8, 4) is 0 Å². The van der Waals surface area contributed by atoms with Gasteiger partial charge in [0.25, 0.3) is 0 Å². The highest BCUT2D eigenvalue weighted by atomic mass is 79.9. The summed E-state index contributed by atoms with van der Waals surface area (Å²) in [5.74, 6) is 0.233. The number of carbonyl (C=O) groups excluding carboxylic acids is 1. The minimum Gasteiger partial charge on any atom is -0.384 e. The molecule has 1 aliphatic rings. The summed E-state index contributed by atoms with van der Waals surface area (Å²) in [5.41, 5.74) is -0.243. The van der Waals surface area contributed by atoms with E-state index in [4.69, 9.17) is 0 Å². The number of carbonyl (C=O) groups is 1. The summed E-state index contributed by atoms with van der Waals surface area (Å²) in [4.78, 5) is 15.3. The van der Waals surface area contributed by atoms with Crippen molar-refractivity contribution < 1.29 is 9.90 Å². The van der Waals surface area contributed by atoms with E-state index in [-0.39, 0.29) is 5.78 Å². The number of ketones is 1. The highest BCUT2D eigenvalue weighted by Crippen LogP contribution is 2.34. The SMILES string of the molecule is O=C1CCC(O)(c2ccc(Br)cn2)CC1. The Bertz CT molecular complexity index is 365. The molecule has 0 amide bonds. The molecule has 1 heterocycles. The van der Waals surface area contributed by atoms with Gasteiger partial charge in [-0.3, -0.25) is 9.78 Å². The summed E-state index contributed by atoms with van der Waals surface area (Å²) >= 11 is 3.30. The molecular formula is C11H12BrNO2. The number of pyridine rings is 1. The van der Waals surface area contributed by atoms with Crippen LogP contribution < -0.4 is 0 Å². The number of rotatable bonds is 1. The van der Waals surface area contributed by atoms with Gasteiger partial charge in [-0.1, -0.05) is 0 Å². The van der Waals surface area contributed by atoms with Crippen molar-refractivity contribution in [2.75, 3.05) is 0 Å². The molecule has 15 heavy (non-hydrogen) atoms. The molecule has 1 aromatic rings. The van der Waals surface area contributed by atoms with Crippen LogP contribution in [-0.4, -0.2) is 15.9 Å². The van der Waals surface area contributed by atoms with Crippen molar-refractivity contribution in [1.82, 2.24) is 4.98 Å². The van der Waals surface area contributed by atoms with E-state index >= 15 is 0 Å². The van der Waals surface area contributed by atoms with Crippen LogP contribution in [0.5, 0.6) is 0 Å². The average molecular weight is 270 g/mol.